The van der Waals surface area contributed by atoms with E-state index in [1.54, 1.807) is 6.07 Å². The Morgan fingerprint density at radius 2 is 1.94 bits per heavy atom. The quantitative estimate of drug-likeness (QED) is 0.542. The van der Waals surface area contributed by atoms with E-state index in [4.69, 9.17) is 0 Å². The summed E-state index contributed by atoms with van der Waals surface area (Å²) in [6.45, 7) is 3.20. The topological polar surface area (TPSA) is 98.0 Å². The van der Waals surface area contributed by atoms with E-state index >= 15 is 0 Å². The molecule has 0 saturated heterocycles. The van der Waals surface area contributed by atoms with Crippen LogP contribution in [0, 0.1) is 17.1 Å². The zero-order valence-electron chi connectivity index (χ0n) is 18.3. The largest absolute Gasteiger partial charge is 0.419 e. The second kappa shape index (κ2) is 8.53. The van der Waals surface area contributed by atoms with E-state index in [1.165, 1.54) is 43.4 Å². The Kier molecular flexibility index (Phi) is 5.87. The molecule has 0 fully saturated rings. The van der Waals surface area contributed by atoms with Gasteiger partial charge in [0.25, 0.3) is 0 Å². The summed E-state index contributed by atoms with van der Waals surface area (Å²) in [5.41, 5.74) is -1.67. The van der Waals surface area contributed by atoms with Gasteiger partial charge in [0.1, 0.15) is 23.8 Å². The number of rotatable bonds is 4. The third-order valence-electron chi connectivity index (χ3n) is 5.55. The van der Waals surface area contributed by atoms with Crippen molar-refractivity contribution in [2.75, 3.05) is 16.8 Å². The number of nitrogens with zero attached hydrogens (tertiary/aromatic N) is 5. The lowest BCUT2D eigenvalue weighted by Gasteiger charge is -2.32. The highest BCUT2D eigenvalue weighted by atomic mass is 19.4. The number of anilines is 3. The zero-order valence-corrected chi connectivity index (χ0v) is 18.3. The van der Waals surface area contributed by atoms with Crippen LogP contribution in [0.25, 0.3) is 0 Å². The Morgan fingerprint density at radius 1 is 1.18 bits per heavy atom. The third kappa shape index (κ3) is 4.49. The summed E-state index contributed by atoms with van der Waals surface area (Å²) in [4.78, 5) is 14.1. The van der Waals surface area contributed by atoms with Gasteiger partial charge in [0, 0.05) is 29.9 Å². The van der Waals surface area contributed by atoms with E-state index in [-0.39, 0.29) is 30.2 Å². The monoisotopic (exact) mass is 472 g/mol. The number of hydrogen-bond donors (Lipinski definition) is 2. The van der Waals surface area contributed by atoms with Crippen LogP contribution in [-0.2, 0) is 24.7 Å². The van der Waals surface area contributed by atoms with E-state index in [2.05, 4.69) is 20.3 Å². The Balaban J connectivity index is 1.63. The average Bonchev–Trinajstić information content (AvgIpc) is 2.77. The summed E-state index contributed by atoms with van der Waals surface area (Å²) >= 11 is 0. The second-order valence-corrected chi connectivity index (χ2v) is 8.36. The number of aromatic nitrogens is 3. The molecule has 3 heterocycles. The van der Waals surface area contributed by atoms with Gasteiger partial charge in [-0.05, 0) is 32.4 Å². The summed E-state index contributed by atoms with van der Waals surface area (Å²) in [5.74, 6) is -0.111. The lowest BCUT2D eigenvalue weighted by Crippen LogP contribution is -2.33. The van der Waals surface area contributed by atoms with Crippen LogP contribution in [0.4, 0.5) is 34.9 Å². The van der Waals surface area contributed by atoms with Crippen molar-refractivity contribution in [2.24, 2.45) is 0 Å². The minimum atomic E-state index is -4.69. The molecule has 7 nitrogen and oxygen atoms in total. The third-order valence-corrected chi connectivity index (χ3v) is 5.55. The van der Waals surface area contributed by atoms with Gasteiger partial charge in [0.2, 0.25) is 0 Å². The van der Waals surface area contributed by atoms with Gasteiger partial charge >= 0.3 is 6.18 Å². The summed E-state index contributed by atoms with van der Waals surface area (Å²) in [6, 6.07) is 6.66. The van der Waals surface area contributed by atoms with Crippen LogP contribution in [-0.4, -0.2) is 26.6 Å². The Hall–Kier alpha value is -3.78. The highest BCUT2D eigenvalue weighted by Gasteiger charge is 2.38. The molecule has 0 spiro atoms. The molecular weight excluding hydrogens is 452 g/mol. The molecule has 0 unspecified atom stereocenters. The first-order chi connectivity index (χ1) is 16.0. The standard InChI is InChI=1S/C23H20F4N6O/c1-22(2,34)15-10-29-19(8-16(15)24)32-21-14-6-7-33(11-17(14)30-12-31-21)18-5-3-4-13(9-28)20(18)23(25,26)27/h3-5,8,10,12,34H,6-7,11H2,1-2H3,(H,29,30,31,32). The Morgan fingerprint density at radius 3 is 2.59 bits per heavy atom. The number of fused-ring (bicyclic) bond motifs is 1. The van der Waals surface area contributed by atoms with Crippen LogP contribution in [0.5, 0.6) is 0 Å². The fourth-order valence-electron chi connectivity index (χ4n) is 3.93. The van der Waals surface area contributed by atoms with Crippen molar-refractivity contribution >= 4 is 17.3 Å². The van der Waals surface area contributed by atoms with Crippen molar-refractivity contribution in [3.63, 3.8) is 0 Å². The predicted molar refractivity (Wildman–Crippen MR) is 116 cm³/mol. The number of aliphatic hydroxyl groups is 1. The van der Waals surface area contributed by atoms with Crippen LogP contribution in [0.3, 0.4) is 0 Å². The molecule has 11 heteroatoms. The Bertz CT molecular complexity index is 1280. The highest BCUT2D eigenvalue weighted by molar-refractivity contribution is 5.64. The van der Waals surface area contributed by atoms with Crippen molar-refractivity contribution in [2.45, 2.75) is 38.6 Å². The number of nitriles is 1. The zero-order chi connectivity index (χ0) is 24.7. The summed E-state index contributed by atoms with van der Waals surface area (Å²) < 4.78 is 55.6. The molecule has 4 rings (SSSR count). The molecule has 3 aromatic rings. The number of hydrogen-bond acceptors (Lipinski definition) is 7. The van der Waals surface area contributed by atoms with Crippen molar-refractivity contribution < 1.29 is 22.7 Å². The maximum absolute atomic E-state index is 14.4. The van der Waals surface area contributed by atoms with Crippen LogP contribution >= 0.6 is 0 Å². The SMILES string of the molecule is CC(C)(O)c1cnc(Nc2ncnc3c2CCN(c2cccc(C#N)c2C(F)(F)F)C3)cc1F. The predicted octanol–water partition coefficient (Wildman–Crippen LogP) is 4.43. The van der Waals surface area contributed by atoms with Crippen LogP contribution in [0.2, 0.25) is 0 Å². The van der Waals surface area contributed by atoms with Crippen molar-refractivity contribution in [3.8, 4) is 6.07 Å². The van der Waals surface area contributed by atoms with Crippen LogP contribution < -0.4 is 10.2 Å². The van der Waals surface area contributed by atoms with E-state index in [1.807, 2.05) is 0 Å². The highest BCUT2D eigenvalue weighted by Crippen LogP contribution is 2.40. The molecule has 176 valence electrons. The van der Waals surface area contributed by atoms with Gasteiger partial charge in [-0.1, -0.05) is 6.07 Å². The molecule has 2 N–H and O–H groups in total. The van der Waals surface area contributed by atoms with Gasteiger partial charge in [-0.15, -0.1) is 0 Å². The van der Waals surface area contributed by atoms with E-state index in [9.17, 15) is 27.9 Å². The molecule has 0 saturated carbocycles. The summed E-state index contributed by atoms with van der Waals surface area (Å²) in [5, 5.41) is 22.1. The fourth-order valence-corrected chi connectivity index (χ4v) is 3.93. The lowest BCUT2D eigenvalue weighted by molar-refractivity contribution is -0.137. The number of alkyl halides is 3. The van der Waals surface area contributed by atoms with Gasteiger partial charge in [-0.3, -0.25) is 0 Å². The molecule has 0 aliphatic carbocycles. The number of nitrogens with one attached hydrogen (secondary N) is 1. The summed E-state index contributed by atoms with van der Waals surface area (Å²) in [6.07, 6.45) is -1.88. The number of benzene rings is 1. The smallest absolute Gasteiger partial charge is 0.386 e. The van der Waals surface area contributed by atoms with Crippen LogP contribution in [0.1, 0.15) is 41.8 Å². The van der Waals surface area contributed by atoms with Crippen LogP contribution in [0.15, 0.2) is 36.8 Å². The van der Waals surface area contributed by atoms with Gasteiger partial charge in [-0.25, -0.2) is 19.3 Å². The molecule has 34 heavy (non-hydrogen) atoms. The summed E-state index contributed by atoms with van der Waals surface area (Å²) in [7, 11) is 0. The van der Waals surface area contributed by atoms with Crippen molar-refractivity contribution in [3.05, 3.63) is 70.6 Å². The van der Waals surface area contributed by atoms with Gasteiger partial charge in [-0.2, -0.15) is 18.4 Å². The normalized spacial score (nSPS) is 13.9. The minimum absolute atomic E-state index is 0.0403. The van der Waals surface area contributed by atoms with Gasteiger partial charge in [0.15, 0.2) is 0 Å². The lowest BCUT2D eigenvalue weighted by atomic mass is 10.00. The molecule has 2 aromatic heterocycles. The molecule has 0 atom stereocenters. The van der Waals surface area contributed by atoms with E-state index in [0.717, 1.165) is 12.1 Å². The first-order valence-electron chi connectivity index (χ1n) is 10.3. The molecule has 0 radical (unpaired) electrons. The maximum atomic E-state index is 14.4. The van der Waals surface area contributed by atoms with Crippen molar-refractivity contribution in [1.29, 1.82) is 5.26 Å². The first kappa shape index (κ1) is 23.4. The second-order valence-electron chi connectivity index (χ2n) is 8.36. The maximum Gasteiger partial charge on any atom is 0.419 e. The van der Waals surface area contributed by atoms with Gasteiger partial charge in [0.05, 0.1) is 40.7 Å². The number of pyridine rings is 1. The molecular formula is C23H20F4N6O. The molecule has 0 bridgehead atoms. The van der Waals surface area contributed by atoms with E-state index in [0.29, 0.717) is 23.5 Å². The minimum Gasteiger partial charge on any atom is -0.386 e. The molecule has 0 amide bonds. The molecule has 1 aromatic carbocycles. The molecule has 1 aliphatic rings. The van der Waals surface area contributed by atoms with E-state index < -0.39 is 28.7 Å². The fraction of sp³-hybridized carbons (Fsp3) is 0.304. The number of halogens is 4. The average molecular weight is 472 g/mol. The van der Waals surface area contributed by atoms with Crippen molar-refractivity contribution in [1.82, 2.24) is 15.0 Å². The Labute approximate surface area is 192 Å². The van der Waals surface area contributed by atoms with Gasteiger partial charge < -0.3 is 15.3 Å². The first-order valence-corrected chi connectivity index (χ1v) is 10.3. The molecule has 1 aliphatic heterocycles.